The Bertz CT molecular complexity index is 654. The molecular formula is C15H18N4O4. The van der Waals surface area contributed by atoms with Crippen molar-refractivity contribution >= 4 is 11.4 Å². The van der Waals surface area contributed by atoms with Crippen LogP contribution in [0.4, 0.5) is 11.4 Å². The Kier molecular flexibility index (Phi) is 6.78. The molecule has 0 heterocycles. The SMILES string of the molecule is CC(N)c1ccc([N+](=O)[O-])cc1.NCc1ccc([N+](=O)[O-])cc1. The number of non-ortho nitro benzene ring substituents is 2. The molecule has 0 fully saturated rings. The number of nitrogens with two attached hydrogens (primary N) is 2. The van der Waals surface area contributed by atoms with Crippen LogP contribution in [0.15, 0.2) is 48.5 Å². The Morgan fingerprint density at radius 2 is 1.30 bits per heavy atom. The van der Waals surface area contributed by atoms with Gasteiger partial charge in [0.25, 0.3) is 11.4 Å². The minimum atomic E-state index is -0.430. The summed E-state index contributed by atoms with van der Waals surface area (Å²) in [5.41, 5.74) is 12.9. The van der Waals surface area contributed by atoms with E-state index in [4.69, 9.17) is 11.5 Å². The van der Waals surface area contributed by atoms with E-state index in [9.17, 15) is 20.2 Å². The van der Waals surface area contributed by atoms with Crippen LogP contribution in [0.5, 0.6) is 0 Å². The van der Waals surface area contributed by atoms with E-state index in [-0.39, 0.29) is 17.4 Å². The molecule has 1 atom stereocenters. The van der Waals surface area contributed by atoms with Crippen LogP contribution >= 0.6 is 0 Å². The van der Waals surface area contributed by atoms with Gasteiger partial charge in [0.2, 0.25) is 0 Å². The monoisotopic (exact) mass is 318 g/mol. The van der Waals surface area contributed by atoms with Crippen molar-refractivity contribution in [3.8, 4) is 0 Å². The predicted octanol–water partition coefficient (Wildman–Crippen LogP) is 2.67. The summed E-state index contributed by atoms with van der Waals surface area (Å²) in [6, 6.07) is 12.4. The van der Waals surface area contributed by atoms with Gasteiger partial charge in [0.15, 0.2) is 0 Å². The van der Waals surface area contributed by atoms with E-state index in [2.05, 4.69) is 0 Å². The van der Waals surface area contributed by atoms with Crippen LogP contribution in [0.25, 0.3) is 0 Å². The first-order valence-corrected chi connectivity index (χ1v) is 6.78. The van der Waals surface area contributed by atoms with Crippen LogP contribution in [-0.4, -0.2) is 9.85 Å². The van der Waals surface area contributed by atoms with Crippen LogP contribution in [0.1, 0.15) is 24.1 Å². The summed E-state index contributed by atoms with van der Waals surface area (Å²) in [7, 11) is 0. The van der Waals surface area contributed by atoms with Crippen molar-refractivity contribution < 1.29 is 9.85 Å². The largest absolute Gasteiger partial charge is 0.326 e. The molecule has 0 aliphatic rings. The Balaban J connectivity index is 0.000000231. The molecule has 2 aromatic rings. The maximum Gasteiger partial charge on any atom is 0.269 e. The smallest absolute Gasteiger partial charge is 0.269 e. The third-order valence-electron chi connectivity index (χ3n) is 3.01. The fourth-order valence-electron chi connectivity index (χ4n) is 1.65. The second-order valence-electron chi connectivity index (χ2n) is 4.76. The summed E-state index contributed by atoms with van der Waals surface area (Å²) in [5, 5.41) is 20.4. The molecule has 2 rings (SSSR count). The predicted molar refractivity (Wildman–Crippen MR) is 86.7 cm³/mol. The maximum absolute atomic E-state index is 10.3. The van der Waals surface area contributed by atoms with Gasteiger partial charge in [-0.05, 0) is 18.1 Å². The van der Waals surface area contributed by atoms with Gasteiger partial charge < -0.3 is 11.5 Å². The number of nitro groups is 2. The van der Waals surface area contributed by atoms with E-state index in [0.29, 0.717) is 6.54 Å². The Labute approximate surface area is 133 Å². The Hall–Kier alpha value is -2.84. The molecule has 0 aliphatic heterocycles. The van der Waals surface area contributed by atoms with Gasteiger partial charge >= 0.3 is 0 Å². The van der Waals surface area contributed by atoms with Crippen LogP contribution in [0.3, 0.4) is 0 Å². The lowest BCUT2D eigenvalue weighted by atomic mass is 10.1. The molecule has 122 valence electrons. The van der Waals surface area contributed by atoms with Crippen molar-refractivity contribution in [2.24, 2.45) is 11.5 Å². The lowest BCUT2D eigenvalue weighted by molar-refractivity contribution is -0.385. The van der Waals surface area contributed by atoms with E-state index in [0.717, 1.165) is 11.1 Å². The molecule has 0 aromatic heterocycles. The van der Waals surface area contributed by atoms with E-state index in [1.807, 2.05) is 6.92 Å². The highest BCUT2D eigenvalue weighted by atomic mass is 16.6. The summed E-state index contributed by atoms with van der Waals surface area (Å²) in [6.07, 6.45) is 0. The van der Waals surface area contributed by atoms with Gasteiger partial charge in [0, 0.05) is 36.9 Å². The van der Waals surface area contributed by atoms with Crippen LogP contribution in [-0.2, 0) is 6.54 Å². The number of hydrogen-bond donors (Lipinski definition) is 2. The zero-order chi connectivity index (χ0) is 17.4. The lowest BCUT2D eigenvalue weighted by Gasteiger charge is -2.03. The normalized spacial score (nSPS) is 11.1. The van der Waals surface area contributed by atoms with E-state index in [1.54, 1.807) is 24.3 Å². The number of nitro benzene ring substituents is 2. The van der Waals surface area contributed by atoms with Crippen molar-refractivity contribution in [1.29, 1.82) is 0 Å². The first-order chi connectivity index (χ1) is 10.8. The summed E-state index contributed by atoms with van der Waals surface area (Å²) in [5.74, 6) is 0. The Morgan fingerprint density at radius 1 is 0.913 bits per heavy atom. The molecule has 0 radical (unpaired) electrons. The number of benzene rings is 2. The van der Waals surface area contributed by atoms with Gasteiger partial charge in [0.05, 0.1) is 9.85 Å². The van der Waals surface area contributed by atoms with Gasteiger partial charge in [-0.25, -0.2) is 0 Å². The molecule has 0 amide bonds. The van der Waals surface area contributed by atoms with Crippen LogP contribution < -0.4 is 11.5 Å². The molecular weight excluding hydrogens is 300 g/mol. The zero-order valence-corrected chi connectivity index (χ0v) is 12.6. The summed E-state index contributed by atoms with van der Waals surface area (Å²) >= 11 is 0. The van der Waals surface area contributed by atoms with Crippen LogP contribution in [0, 0.1) is 20.2 Å². The second-order valence-corrected chi connectivity index (χ2v) is 4.76. The molecule has 8 heteroatoms. The number of rotatable bonds is 4. The third-order valence-corrected chi connectivity index (χ3v) is 3.01. The second kappa shape index (κ2) is 8.57. The maximum atomic E-state index is 10.3. The third kappa shape index (κ3) is 5.81. The van der Waals surface area contributed by atoms with Crippen molar-refractivity contribution in [3.63, 3.8) is 0 Å². The summed E-state index contributed by atoms with van der Waals surface area (Å²) in [4.78, 5) is 19.6. The molecule has 0 saturated carbocycles. The lowest BCUT2D eigenvalue weighted by Crippen LogP contribution is -2.04. The highest BCUT2D eigenvalue weighted by Gasteiger charge is 2.05. The molecule has 2 aromatic carbocycles. The highest BCUT2D eigenvalue weighted by Crippen LogP contribution is 2.15. The van der Waals surface area contributed by atoms with E-state index < -0.39 is 9.85 Å². The van der Waals surface area contributed by atoms with Crippen molar-refractivity contribution in [2.45, 2.75) is 19.5 Å². The van der Waals surface area contributed by atoms with Gasteiger partial charge in [-0.2, -0.15) is 0 Å². The molecule has 0 aliphatic carbocycles. The molecule has 0 saturated heterocycles. The summed E-state index contributed by atoms with van der Waals surface area (Å²) in [6.45, 7) is 2.25. The molecule has 8 nitrogen and oxygen atoms in total. The molecule has 0 bridgehead atoms. The van der Waals surface area contributed by atoms with Crippen molar-refractivity contribution in [1.82, 2.24) is 0 Å². The van der Waals surface area contributed by atoms with E-state index in [1.165, 1.54) is 24.3 Å². The molecule has 4 N–H and O–H groups in total. The first kappa shape index (κ1) is 18.2. The average Bonchev–Trinajstić information content (AvgIpc) is 2.55. The van der Waals surface area contributed by atoms with Crippen LogP contribution in [0.2, 0.25) is 0 Å². The quantitative estimate of drug-likeness (QED) is 0.656. The Morgan fingerprint density at radius 3 is 1.61 bits per heavy atom. The standard InChI is InChI=1S/C8H10N2O2.C7H8N2O2/c1-6(9)7-2-4-8(5-3-7)10(11)12;8-5-6-1-3-7(4-2-6)9(10)11/h2-6H,9H2,1H3;1-4H,5,8H2. The van der Waals surface area contributed by atoms with Gasteiger partial charge in [-0.3, -0.25) is 20.2 Å². The number of hydrogen-bond acceptors (Lipinski definition) is 6. The summed E-state index contributed by atoms with van der Waals surface area (Å²) < 4.78 is 0. The average molecular weight is 318 g/mol. The molecule has 1 unspecified atom stereocenters. The van der Waals surface area contributed by atoms with Gasteiger partial charge in [-0.15, -0.1) is 0 Å². The molecule has 0 spiro atoms. The fraction of sp³-hybridized carbons (Fsp3) is 0.200. The molecule has 23 heavy (non-hydrogen) atoms. The van der Waals surface area contributed by atoms with E-state index >= 15 is 0 Å². The number of nitrogens with zero attached hydrogens (tertiary/aromatic N) is 2. The first-order valence-electron chi connectivity index (χ1n) is 6.78. The van der Waals surface area contributed by atoms with Crippen molar-refractivity contribution in [3.05, 3.63) is 79.9 Å². The van der Waals surface area contributed by atoms with Gasteiger partial charge in [-0.1, -0.05) is 24.3 Å². The topological polar surface area (TPSA) is 138 Å². The minimum absolute atomic E-state index is 0.0780. The van der Waals surface area contributed by atoms with Crippen molar-refractivity contribution in [2.75, 3.05) is 0 Å². The zero-order valence-electron chi connectivity index (χ0n) is 12.6. The minimum Gasteiger partial charge on any atom is -0.326 e. The van der Waals surface area contributed by atoms with Gasteiger partial charge in [0.1, 0.15) is 0 Å². The highest BCUT2D eigenvalue weighted by molar-refractivity contribution is 5.34. The fourth-order valence-corrected chi connectivity index (χ4v) is 1.65.